The molecule has 2 aromatic rings. The first-order valence-corrected chi connectivity index (χ1v) is 6.46. The lowest BCUT2D eigenvalue weighted by molar-refractivity contribution is 0.181. The second kappa shape index (κ2) is 4.13. The van der Waals surface area contributed by atoms with E-state index in [1.165, 1.54) is 6.07 Å². The van der Waals surface area contributed by atoms with Gasteiger partial charge in [0.15, 0.2) is 0 Å². The van der Waals surface area contributed by atoms with E-state index in [1.807, 2.05) is 0 Å². The van der Waals surface area contributed by atoms with E-state index in [0.717, 1.165) is 19.3 Å². The molecule has 0 aliphatic heterocycles. The van der Waals surface area contributed by atoms with Gasteiger partial charge in [0.05, 0.1) is 10.0 Å². The van der Waals surface area contributed by atoms with Crippen LogP contribution in [0.2, 0.25) is 0 Å². The van der Waals surface area contributed by atoms with Crippen molar-refractivity contribution in [2.75, 3.05) is 0 Å². The number of rotatable bonds is 2. The Morgan fingerprint density at radius 1 is 1.39 bits per heavy atom. The van der Waals surface area contributed by atoms with Crippen molar-refractivity contribution >= 4 is 15.9 Å². The lowest BCUT2D eigenvalue weighted by atomic mass is 9.78. The van der Waals surface area contributed by atoms with Crippen molar-refractivity contribution in [3.63, 3.8) is 0 Å². The summed E-state index contributed by atoms with van der Waals surface area (Å²) in [5.74, 6) is 0.573. The molecule has 1 aliphatic rings. The monoisotopic (exact) mass is 311 g/mol. The Balaban J connectivity index is 1.95. The van der Waals surface area contributed by atoms with Crippen molar-refractivity contribution in [3.8, 4) is 11.4 Å². The summed E-state index contributed by atoms with van der Waals surface area (Å²) in [6.45, 7) is 0. The molecule has 1 heterocycles. The molecular formula is C12H11BrFN3O. The van der Waals surface area contributed by atoms with Crippen molar-refractivity contribution in [3.05, 3.63) is 34.4 Å². The van der Waals surface area contributed by atoms with Gasteiger partial charge in [-0.2, -0.15) is 4.98 Å². The van der Waals surface area contributed by atoms with E-state index in [9.17, 15) is 4.39 Å². The van der Waals surface area contributed by atoms with E-state index in [1.54, 1.807) is 12.1 Å². The van der Waals surface area contributed by atoms with Gasteiger partial charge in [0.2, 0.25) is 11.7 Å². The molecular weight excluding hydrogens is 301 g/mol. The minimum Gasteiger partial charge on any atom is -0.337 e. The van der Waals surface area contributed by atoms with Gasteiger partial charge in [-0.05, 0) is 53.4 Å². The fourth-order valence-electron chi connectivity index (χ4n) is 1.95. The topological polar surface area (TPSA) is 64.9 Å². The molecule has 1 fully saturated rings. The van der Waals surface area contributed by atoms with Crippen LogP contribution in [-0.2, 0) is 5.54 Å². The molecule has 2 N–H and O–H groups in total. The van der Waals surface area contributed by atoms with Crippen LogP contribution in [0.25, 0.3) is 11.4 Å². The smallest absolute Gasteiger partial charge is 0.247 e. The minimum atomic E-state index is -0.470. The van der Waals surface area contributed by atoms with Crippen molar-refractivity contribution in [1.29, 1.82) is 0 Å². The van der Waals surface area contributed by atoms with Crippen molar-refractivity contribution < 1.29 is 8.91 Å². The fraction of sp³-hybridized carbons (Fsp3) is 0.333. The molecule has 1 saturated carbocycles. The molecule has 0 radical (unpaired) electrons. The second-order valence-corrected chi connectivity index (χ2v) is 5.42. The van der Waals surface area contributed by atoms with Crippen LogP contribution in [0.15, 0.2) is 27.2 Å². The maximum Gasteiger partial charge on any atom is 0.247 e. The van der Waals surface area contributed by atoms with Crippen LogP contribution in [0, 0.1) is 5.82 Å². The summed E-state index contributed by atoms with van der Waals surface area (Å²) >= 11 is 3.13. The highest BCUT2D eigenvalue weighted by molar-refractivity contribution is 9.10. The van der Waals surface area contributed by atoms with E-state index in [-0.39, 0.29) is 5.82 Å². The Morgan fingerprint density at radius 3 is 2.78 bits per heavy atom. The van der Waals surface area contributed by atoms with E-state index >= 15 is 0 Å². The largest absolute Gasteiger partial charge is 0.337 e. The van der Waals surface area contributed by atoms with Gasteiger partial charge in [-0.3, -0.25) is 0 Å². The third-order valence-electron chi connectivity index (χ3n) is 3.28. The first-order chi connectivity index (χ1) is 8.58. The zero-order valence-corrected chi connectivity index (χ0v) is 11.1. The third-order valence-corrected chi connectivity index (χ3v) is 3.88. The molecule has 3 rings (SSSR count). The van der Waals surface area contributed by atoms with Crippen LogP contribution in [0.1, 0.15) is 25.2 Å². The summed E-state index contributed by atoms with van der Waals surface area (Å²) in [6.07, 6.45) is 2.81. The van der Waals surface area contributed by atoms with Crippen LogP contribution >= 0.6 is 15.9 Å². The molecule has 6 heteroatoms. The lowest BCUT2D eigenvalue weighted by Gasteiger charge is -2.33. The van der Waals surface area contributed by atoms with Crippen LogP contribution < -0.4 is 5.73 Å². The second-order valence-electron chi connectivity index (χ2n) is 4.56. The minimum absolute atomic E-state index is 0.322. The normalized spacial score (nSPS) is 17.5. The standard InChI is InChI=1S/C12H11BrFN3O/c13-8-6-7(2-3-9(8)14)10-16-11(18-17-10)12(15)4-1-5-12/h2-3,6H,1,4-5,15H2. The predicted molar refractivity (Wildman–Crippen MR) is 67.1 cm³/mol. The maximum absolute atomic E-state index is 13.1. The predicted octanol–water partition coefficient (Wildman–Crippen LogP) is 2.98. The number of hydrogen-bond acceptors (Lipinski definition) is 4. The summed E-state index contributed by atoms with van der Waals surface area (Å²) in [5, 5.41) is 3.90. The zero-order chi connectivity index (χ0) is 12.8. The van der Waals surface area contributed by atoms with Gasteiger partial charge in [-0.1, -0.05) is 5.16 Å². The summed E-state index contributed by atoms with van der Waals surface area (Å²) in [4.78, 5) is 4.30. The summed E-state index contributed by atoms with van der Waals surface area (Å²) < 4.78 is 18.7. The average molecular weight is 312 g/mol. The van der Waals surface area contributed by atoms with E-state index in [4.69, 9.17) is 10.3 Å². The maximum atomic E-state index is 13.1. The van der Waals surface area contributed by atoms with Crippen molar-refractivity contribution in [2.24, 2.45) is 5.73 Å². The number of hydrogen-bond donors (Lipinski definition) is 1. The fourth-order valence-corrected chi connectivity index (χ4v) is 2.33. The Labute approximate surface area is 112 Å². The van der Waals surface area contributed by atoms with Gasteiger partial charge in [-0.25, -0.2) is 4.39 Å². The van der Waals surface area contributed by atoms with Crippen molar-refractivity contribution in [2.45, 2.75) is 24.8 Å². The number of nitrogens with zero attached hydrogens (tertiary/aromatic N) is 2. The number of aromatic nitrogens is 2. The molecule has 4 nitrogen and oxygen atoms in total. The van der Waals surface area contributed by atoms with Gasteiger partial charge in [0, 0.05) is 5.56 Å². The van der Waals surface area contributed by atoms with Gasteiger partial charge < -0.3 is 10.3 Å². The Morgan fingerprint density at radius 2 is 2.17 bits per heavy atom. The number of halogens is 2. The summed E-state index contributed by atoms with van der Waals surface area (Å²) in [6, 6.07) is 4.59. The summed E-state index contributed by atoms with van der Waals surface area (Å²) in [5.41, 5.74) is 6.33. The molecule has 94 valence electrons. The van der Waals surface area contributed by atoms with Gasteiger partial charge in [0.25, 0.3) is 0 Å². The average Bonchev–Trinajstić information content (AvgIpc) is 2.79. The van der Waals surface area contributed by atoms with Crippen LogP contribution in [0.5, 0.6) is 0 Å². The molecule has 18 heavy (non-hydrogen) atoms. The SMILES string of the molecule is NC1(c2nc(-c3ccc(F)c(Br)c3)no2)CCC1. The molecule has 0 spiro atoms. The highest BCUT2D eigenvalue weighted by Crippen LogP contribution is 2.38. The molecule has 0 saturated heterocycles. The number of nitrogens with two attached hydrogens (primary N) is 1. The number of benzene rings is 1. The highest BCUT2D eigenvalue weighted by atomic mass is 79.9. The molecule has 0 bridgehead atoms. The molecule has 0 unspecified atom stereocenters. The quantitative estimate of drug-likeness (QED) is 0.926. The van der Waals surface area contributed by atoms with Crippen LogP contribution in [0.4, 0.5) is 4.39 Å². The molecule has 0 atom stereocenters. The van der Waals surface area contributed by atoms with Gasteiger partial charge in [-0.15, -0.1) is 0 Å². The van der Waals surface area contributed by atoms with Crippen molar-refractivity contribution in [1.82, 2.24) is 10.1 Å². The van der Waals surface area contributed by atoms with Gasteiger partial charge >= 0.3 is 0 Å². The van der Waals surface area contributed by atoms with E-state index in [2.05, 4.69) is 26.1 Å². The Bertz CT molecular complexity index is 595. The lowest BCUT2D eigenvalue weighted by Crippen LogP contribution is -2.43. The van der Waals surface area contributed by atoms with Crippen LogP contribution in [0.3, 0.4) is 0 Å². The molecule has 1 aliphatic carbocycles. The zero-order valence-electron chi connectivity index (χ0n) is 9.49. The Kier molecular flexibility index (Phi) is 2.71. The van der Waals surface area contributed by atoms with E-state index < -0.39 is 5.54 Å². The highest BCUT2D eigenvalue weighted by Gasteiger charge is 2.39. The molecule has 0 amide bonds. The first-order valence-electron chi connectivity index (χ1n) is 5.67. The van der Waals surface area contributed by atoms with Gasteiger partial charge in [0.1, 0.15) is 5.82 Å². The Hall–Kier alpha value is -1.27. The molecule has 1 aromatic heterocycles. The van der Waals surface area contributed by atoms with Crippen LogP contribution in [-0.4, -0.2) is 10.1 Å². The first kappa shape index (κ1) is 11.8. The molecule has 1 aromatic carbocycles. The third kappa shape index (κ3) is 1.85. The van der Waals surface area contributed by atoms with E-state index in [0.29, 0.717) is 21.8 Å². The summed E-state index contributed by atoms with van der Waals surface area (Å²) in [7, 11) is 0.